The van der Waals surface area contributed by atoms with Crippen LogP contribution in [0.5, 0.6) is 0 Å². The van der Waals surface area contributed by atoms with Gasteiger partial charge in [-0.25, -0.2) is 0 Å². The molecular formula is C47H90O6. The molecule has 0 aliphatic heterocycles. The smallest absolute Gasteiger partial charge is 0.306 e. The molecular weight excluding hydrogens is 661 g/mol. The van der Waals surface area contributed by atoms with E-state index in [9.17, 15) is 14.4 Å². The lowest BCUT2D eigenvalue weighted by molar-refractivity contribution is -0.167. The van der Waals surface area contributed by atoms with E-state index in [0.29, 0.717) is 19.3 Å². The summed E-state index contributed by atoms with van der Waals surface area (Å²) in [6, 6.07) is 0. The molecule has 0 aromatic heterocycles. The molecule has 6 heteroatoms. The van der Waals surface area contributed by atoms with Crippen molar-refractivity contribution in [2.75, 3.05) is 13.2 Å². The largest absolute Gasteiger partial charge is 0.462 e. The minimum absolute atomic E-state index is 0.0668. The standard InChI is InChI=1S/C47H90O6/c1-7-42(5)34-28-22-15-11-9-10-12-17-24-30-36-45(48)51-39-44(40-52-46(49)37-31-25-20-19-21-27-33-41(3)4)53-47(50)38-32-26-18-14-13-16-23-29-35-43(6)8-2/h41-44H,7-40H2,1-6H3/t42?,43?,44-/m1/s1. The van der Waals surface area contributed by atoms with Gasteiger partial charge >= 0.3 is 17.9 Å². The van der Waals surface area contributed by atoms with Crippen molar-refractivity contribution in [1.29, 1.82) is 0 Å². The Hall–Kier alpha value is -1.59. The van der Waals surface area contributed by atoms with Gasteiger partial charge < -0.3 is 14.2 Å². The van der Waals surface area contributed by atoms with E-state index < -0.39 is 6.10 Å². The topological polar surface area (TPSA) is 78.9 Å². The van der Waals surface area contributed by atoms with Gasteiger partial charge in [-0.05, 0) is 37.0 Å². The lowest BCUT2D eigenvalue weighted by atomic mass is 9.99. The van der Waals surface area contributed by atoms with Crippen molar-refractivity contribution in [1.82, 2.24) is 0 Å². The van der Waals surface area contributed by atoms with Gasteiger partial charge in [-0.3, -0.25) is 14.4 Å². The average molecular weight is 751 g/mol. The summed E-state index contributed by atoms with van der Waals surface area (Å²) in [5, 5.41) is 0. The molecule has 0 aromatic rings. The zero-order valence-electron chi connectivity index (χ0n) is 36.3. The van der Waals surface area contributed by atoms with E-state index in [1.165, 1.54) is 128 Å². The molecule has 0 aliphatic carbocycles. The van der Waals surface area contributed by atoms with Gasteiger partial charge in [0.2, 0.25) is 0 Å². The first-order valence-electron chi connectivity index (χ1n) is 23.2. The molecule has 0 rings (SSSR count). The van der Waals surface area contributed by atoms with E-state index in [1.807, 2.05) is 0 Å². The number of ether oxygens (including phenoxy) is 3. The average Bonchev–Trinajstić information content (AvgIpc) is 3.14. The van der Waals surface area contributed by atoms with E-state index in [-0.39, 0.29) is 31.1 Å². The van der Waals surface area contributed by atoms with Crippen LogP contribution >= 0.6 is 0 Å². The minimum Gasteiger partial charge on any atom is -0.462 e. The first-order valence-corrected chi connectivity index (χ1v) is 23.2. The molecule has 314 valence electrons. The highest BCUT2D eigenvalue weighted by atomic mass is 16.6. The number of hydrogen-bond donors (Lipinski definition) is 0. The minimum atomic E-state index is -0.762. The Kier molecular flexibility index (Phi) is 37.5. The summed E-state index contributed by atoms with van der Waals surface area (Å²) in [5.74, 6) is 1.61. The molecule has 0 spiro atoms. The Morgan fingerprint density at radius 1 is 0.377 bits per heavy atom. The summed E-state index contributed by atoms with van der Waals surface area (Å²) in [6.45, 7) is 13.6. The van der Waals surface area contributed by atoms with Crippen LogP contribution in [-0.4, -0.2) is 37.2 Å². The highest BCUT2D eigenvalue weighted by molar-refractivity contribution is 5.71. The van der Waals surface area contributed by atoms with Crippen LogP contribution in [0.25, 0.3) is 0 Å². The second kappa shape index (κ2) is 38.7. The molecule has 0 aromatic carbocycles. The first-order chi connectivity index (χ1) is 25.7. The van der Waals surface area contributed by atoms with Crippen molar-refractivity contribution in [2.24, 2.45) is 17.8 Å². The summed E-state index contributed by atoms with van der Waals surface area (Å²) in [6.07, 6.45) is 35.2. The molecule has 53 heavy (non-hydrogen) atoms. The van der Waals surface area contributed by atoms with E-state index in [1.54, 1.807) is 0 Å². The maximum absolute atomic E-state index is 12.7. The van der Waals surface area contributed by atoms with E-state index in [2.05, 4.69) is 41.5 Å². The quantitative estimate of drug-likeness (QED) is 0.0352. The third-order valence-corrected chi connectivity index (χ3v) is 11.1. The maximum atomic E-state index is 12.7. The van der Waals surface area contributed by atoms with Gasteiger partial charge in [0.1, 0.15) is 13.2 Å². The molecule has 0 bridgehead atoms. The second-order valence-electron chi connectivity index (χ2n) is 17.0. The summed E-state index contributed by atoms with van der Waals surface area (Å²) in [4.78, 5) is 37.7. The predicted octanol–water partition coefficient (Wildman–Crippen LogP) is 14.4. The van der Waals surface area contributed by atoms with Crippen LogP contribution in [0.4, 0.5) is 0 Å². The van der Waals surface area contributed by atoms with Gasteiger partial charge in [-0.1, -0.05) is 208 Å². The lowest BCUT2D eigenvalue weighted by Crippen LogP contribution is -2.30. The molecule has 0 heterocycles. The number of unbranched alkanes of at least 4 members (excludes halogenated alkanes) is 21. The van der Waals surface area contributed by atoms with Crippen molar-refractivity contribution in [3.05, 3.63) is 0 Å². The molecule has 6 nitrogen and oxygen atoms in total. The van der Waals surface area contributed by atoms with Crippen LogP contribution in [0.3, 0.4) is 0 Å². The van der Waals surface area contributed by atoms with E-state index in [0.717, 1.165) is 75.5 Å². The number of esters is 3. The van der Waals surface area contributed by atoms with Crippen LogP contribution in [-0.2, 0) is 28.6 Å². The molecule has 0 saturated carbocycles. The maximum Gasteiger partial charge on any atom is 0.306 e. The fourth-order valence-electron chi connectivity index (χ4n) is 6.81. The van der Waals surface area contributed by atoms with Crippen LogP contribution in [0.1, 0.15) is 247 Å². The Morgan fingerprint density at radius 3 is 0.981 bits per heavy atom. The molecule has 0 amide bonds. The van der Waals surface area contributed by atoms with Crippen LogP contribution in [0.2, 0.25) is 0 Å². The summed E-state index contributed by atoms with van der Waals surface area (Å²) in [7, 11) is 0. The zero-order valence-corrected chi connectivity index (χ0v) is 36.3. The van der Waals surface area contributed by atoms with Crippen LogP contribution in [0, 0.1) is 17.8 Å². The van der Waals surface area contributed by atoms with Gasteiger partial charge in [0.15, 0.2) is 6.10 Å². The fourth-order valence-corrected chi connectivity index (χ4v) is 6.81. The van der Waals surface area contributed by atoms with Gasteiger partial charge in [0.25, 0.3) is 0 Å². The third-order valence-electron chi connectivity index (χ3n) is 11.1. The van der Waals surface area contributed by atoms with Gasteiger partial charge in [-0.15, -0.1) is 0 Å². The molecule has 0 N–H and O–H groups in total. The lowest BCUT2D eigenvalue weighted by Gasteiger charge is -2.18. The Labute approximate surface area is 329 Å². The van der Waals surface area contributed by atoms with Crippen molar-refractivity contribution in [3.8, 4) is 0 Å². The number of rotatable bonds is 40. The van der Waals surface area contributed by atoms with Gasteiger partial charge in [0.05, 0.1) is 0 Å². The second-order valence-corrected chi connectivity index (χ2v) is 17.0. The Bertz CT molecular complexity index is 826. The predicted molar refractivity (Wildman–Crippen MR) is 224 cm³/mol. The number of hydrogen-bond acceptors (Lipinski definition) is 6. The SMILES string of the molecule is CCC(C)CCCCCCCCCCCCC(=O)OC[C@H](COC(=O)CCCCCCCCC(C)C)OC(=O)CCCCCCCCCCC(C)CC. The molecule has 0 aliphatic rings. The first kappa shape index (κ1) is 51.4. The Balaban J connectivity index is 4.34. The molecule has 0 saturated heterocycles. The number of carbonyl (C=O) groups excluding carboxylic acids is 3. The molecule has 2 unspecified atom stereocenters. The highest BCUT2D eigenvalue weighted by Gasteiger charge is 2.19. The summed E-state index contributed by atoms with van der Waals surface area (Å²) >= 11 is 0. The number of carbonyl (C=O) groups is 3. The van der Waals surface area contributed by atoms with Crippen LogP contribution < -0.4 is 0 Å². The van der Waals surface area contributed by atoms with Crippen molar-refractivity contribution in [3.63, 3.8) is 0 Å². The van der Waals surface area contributed by atoms with Crippen LogP contribution in [0.15, 0.2) is 0 Å². The summed E-state index contributed by atoms with van der Waals surface area (Å²) in [5.41, 5.74) is 0. The monoisotopic (exact) mass is 751 g/mol. The molecule has 3 atom stereocenters. The van der Waals surface area contributed by atoms with Gasteiger partial charge in [0, 0.05) is 19.3 Å². The van der Waals surface area contributed by atoms with Gasteiger partial charge in [-0.2, -0.15) is 0 Å². The Morgan fingerprint density at radius 2 is 0.660 bits per heavy atom. The van der Waals surface area contributed by atoms with E-state index in [4.69, 9.17) is 14.2 Å². The van der Waals surface area contributed by atoms with Crippen molar-refractivity contribution < 1.29 is 28.6 Å². The molecule has 0 fully saturated rings. The highest BCUT2D eigenvalue weighted by Crippen LogP contribution is 2.18. The molecule has 0 radical (unpaired) electrons. The van der Waals surface area contributed by atoms with Crippen molar-refractivity contribution in [2.45, 2.75) is 253 Å². The zero-order chi connectivity index (χ0) is 39.2. The third kappa shape index (κ3) is 38.5. The normalized spacial score (nSPS) is 13.2. The van der Waals surface area contributed by atoms with Crippen molar-refractivity contribution >= 4 is 17.9 Å². The van der Waals surface area contributed by atoms with E-state index >= 15 is 0 Å². The fraction of sp³-hybridized carbons (Fsp3) is 0.936. The summed E-state index contributed by atoms with van der Waals surface area (Å²) < 4.78 is 16.7.